The van der Waals surface area contributed by atoms with Gasteiger partial charge in [0.05, 0.1) is 0 Å². The van der Waals surface area contributed by atoms with E-state index >= 15 is 0 Å². The maximum absolute atomic E-state index is 4.33. The van der Waals surface area contributed by atoms with Gasteiger partial charge < -0.3 is 6.92 Å². The average Bonchev–Trinajstić information content (AvgIpc) is 2.97. The van der Waals surface area contributed by atoms with Crippen LogP contribution in [-0.4, -0.2) is 0 Å². The molecule has 0 N–H and O–H groups in total. The Morgan fingerprint density at radius 1 is 0.902 bits per heavy atom. The second kappa shape index (κ2) is 44.3. The van der Waals surface area contributed by atoms with Gasteiger partial charge in [0.25, 0.3) is 0 Å². The van der Waals surface area contributed by atoms with Crippen molar-refractivity contribution in [2.45, 2.75) is 148 Å². The minimum atomic E-state index is 0. The van der Waals surface area contributed by atoms with Crippen molar-refractivity contribution >= 4 is 0 Å². The van der Waals surface area contributed by atoms with Crippen molar-refractivity contribution in [3.63, 3.8) is 0 Å². The van der Waals surface area contributed by atoms with Crippen molar-refractivity contribution in [2.24, 2.45) is 17.3 Å². The monoisotopic (exact) mass is 597 g/mol. The minimum absolute atomic E-state index is 0. The third-order valence-electron chi connectivity index (χ3n) is 6.29. The van der Waals surface area contributed by atoms with Crippen LogP contribution in [0.3, 0.4) is 0 Å². The van der Waals surface area contributed by atoms with E-state index in [0.717, 1.165) is 18.3 Å². The Hall–Kier alpha value is -0.184. The van der Waals surface area contributed by atoms with Gasteiger partial charge in [-0.3, -0.25) is 0 Å². The van der Waals surface area contributed by atoms with E-state index < -0.39 is 0 Å². The number of hydrogen-bond donors (Lipinski definition) is 0. The van der Waals surface area contributed by atoms with Crippen molar-refractivity contribution in [1.29, 1.82) is 0 Å². The molecule has 238 valence electrons. The standard InChI is InChI=1S/C13H22.C12H19.C4H8.C3H6.3C2H6.C2H4.K/c1-4-6-12(5-2)13-9-7-11(3)8-10-13;1-5-10(6-2)12(4)9-8-11(12)7-3;1-4(2)3;1-3-2;4*1-2;/h7,9,12H,4-6,8,10H2,1-3H3;7-8,10H,3-6,9H2,1-2H3;1H2,2-3H3;3H,1H2,2H3;3*1-2H3;1-2H2;/q;-1;;;;;;;+1. The van der Waals surface area contributed by atoms with Crippen LogP contribution in [0.1, 0.15) is 148 Å². The molecule has 2 unspecified atom stereocenters. The van der Waals surface area contributed by atoms with Crippen LogP contribution in [0.2, 0.25) is 0 Å². The molecule has 0 nitrogen and oxygen atoms in total. The summed E-state index contributed by atoms with van der Waals surface area (Å²) >= 11 is 0. The fourth-order valence-corrected chi connectivity index (χ4v) is 4.34. The van der Waals surface area contributed by atoms with E-state index in [2.05, 4.69) is 92.7 Å². The molecular formula is C40H77K. The third kappa shape index (κ3) is 31.1. The van der Waals surface area contributed by atoms with Gasteiger partial charge in [0, 0.05) is 0 Å². The third-order valence-corrected chi connectivity index (χ3v) is 6.29. The van der Waals surface area contributed by atoms with Gasteiger partial charge in [-0.1, -0.05) is 160 Å². The molecule has 2 atom stereocenters. The van der Waals surface area contributed by atoms with E-state index in [0.29, 0.717) is 0 Å². The van der Waals surface area contributed by atoms with E-state index in [4.69, 9.17) is 0 Å². The normalized spacial score (nSPS) is 15.9. The molecule has 0 amide bonds. The Bertz CT molecular complexity index is 638. The zero-order valence-electron chi connectivity index (χ0n) is 31.4. The molecule has 2 aliphatic rings. The number of allylic oxidation sites excluding steroid dienone is 9. The predicted molar refractivity (Wildman–Crippen MR) is 196 cm³/mol. The zero-order chi connectivity index (χ0) is 33.2. The van der Waals surface area contributed by atoms with Crippen LogP contribution in [0.4, 0.5) is 0 Å². The Kier molecular flexibility index (Phi) is 61.1. The first-order valence-corrected chi connectivity index (χ1v) is 16.3. The number of rotatable bonds is 8. The molecule has 0 bridgehead atoms. The predicted octanol–water partition coefficient (Wildman–Crippen LogP) is 11.9. The van der Waals surface area contributed by atoms with Gasteiger partial charge in [0.2, 0.25) is 0 Å². The fraction of sp³-hybridized carbons (Fsp3) is 0.625. The van der Waals surface area contributed by atoms with Crippen LogP contribution >= 0.6 is 0 Å². The maximum Gasteiger partial charge on any atom is 1.00 e. The molecule has 0 saturated heterocycles. The average molecular weight is 597 g/mol. The van der Waals surface area contributed by atoms with Crippen molar-refractivity contribution in [3.05, 3.63) is 92.5 Å². The zero-order valence-corrected chi connectivity index (χ0v) is 34.6. The van der Waals surface area contributed by atoms with Crippen molar-refractivity contribution in [1.82, 2.24) is 0 Å². The van der Waals surface area contributed by atoms with Crippen LogP contribution in [0.15, 0.2) is 85.6 Å². The Morgan fingerprint density at radius 2 is 1.32 bits per heavy atom. The number of hydrogen-bond acceptors (Lipinski definition) is 0. The summed E-state index contributed by atoms with van der Waals surface area (Å²) in [6.45, 7) is 50.2. The summed E-state index contributed by atoms with van der Waals surface area (Å²) in [5.41, 5.74) is 5.95. The maximum atomic E-state index is 4.33. The van der Waals surface area contributed by atoms with Gasteiger partial charge in [-0.2, -0.15) is 0 Å². The first kappa shape index (κ1) is 56.6. The second-order valence-electron chi connectivity index (χ2n) is 9.50. The van der Waals surface area contributed by atoms with E-state index in [1.54, 1.807) is 11.6 Å². The fourth-order valence-electron chi connectivity index (χ4n) is 4.34. The summed E-state index contributed by atoms with van der Waals surface area (Å²) in [6.07, 6.45) is 20.8. The summed E-state index contributed by atoms with van der Waals surface area (Å²) in [5.74, 6) is 1.59. The molecule has 2 rings (SSSR count). The Labute approximate surface area is 306 Å². The summed E-state index contributed by atoms with van der Waals surface area (Å²) in [6, 6.07) is 0. The largest absolute Gasteiger partial charge is 1.00 e. The van der Waals surface area contributed by atoms with Crippen LogP contribution in [-0.2, 0) is 0 Å². The summed E-state index contributed by atoms with van der Waals surface area (Å²) in [7, 11) is 0. The Balaban J connectivity index is -0.0000000758. The smallest absolute Gasteiger partial charge is 0.332 e. The molecular weight excluding hydrogens is 520 g/mol. The molecule has 0 aromatic rings. The van der Waals surface area contributed by atoms with Gasteiger partial charge in [-0.05, 0) is 59.3 Å². The van der Waals surface area contributed by atoms with Gasteiger partial charge >= 0.3 is 51.4 Å². The second-order valence-corrected chi connectivity index (χ2v) is 9.50. The van der Waals surface area contributed by atoms with Crippen molar-refractivity contribution in [3.8, 4) is 0 Å². The van der Waals surface area contributed by atoms with Crippen LogP contribution in [0, 0.1) is 24.2 Å². The van der Waals surface area contributed by atoms with E-state index in [-0.39, 0.29) is 56.8 Å². The molecule has 0 heterocycles. The van der Waals surface area contributed by atoms with Crippen molar-refractivity contribution in [2.75, 3.05) is 0 Å². The van der Waals surface area contributed by atoms with E-state index in [1.165, 1.54) is 61.7 Å². The van der Waals surface area contributed by atoms with Gasteiger partial charge in [-0.15, -0.1) is 31.7 Å². The minimum Gasteiger partial charge on any atom is -0.332 e. The molecule has 0 aromatic heterocycles. The molecule has 2 aliphatic carbocycles. The van der Waals surface area contributed by atoms with Crippen LogP contribution in [0.25, 0.3) is 0 Å². The first-order valence-electron chi connectivity index (χ1n) is 16.3. The van der Waals surface area contributed by atoms with Gasteiger partial charge in [0.1, 0.15) is 0 Å². The van der Waals surface area contributed by atoms with E-state index in [9.17, 15) is 0 Å². The molecule has 0 aliphatic heterocycles. The summed E-state index contributed by atoms with van der Waals surface area (Å²) < 4.78 is 0. The first-order chi connectivity index (χ1) is 19.1. The molecule has 0 saturated carbocycles. The molecule has 0 spiro atoms. The Morgan fingerprint density at radius 3 is 1.54 bits per heavy atom. The van der Waals surface area contributed by atoms with Gasteiger partial charge in [0.15, 0.2) is 0 Å². The summed E-state index contributed by atoms with van der Waals surface area (Å²) in [4.78, 5) is 0. The topological polar surface area (TPSA) is 0 Å². The molecule has 41 heavy (non-hydrogen) atoms. The molecule has 0 aromatic carbocycles. The molecule has 0 fully saturated rings. The van der Waals surface area contributed by atoms with Crippen molar-refractivity contribution < 1.29 is 51.4 Å². The quantitative estimate of drug-likeness (QED) is 0.148. The summed E-state index contributed by atoms with van der Waals surface area (Å²) in [5, 5.41) is 0. The van der Waals surface area contributed by atoms with Crippen LogP contribution < -0.4 is 51.4 Å². The van der Waals surface area contributed by atoms with E-state index in [1.807, 2.05) is 68.4 Å². The molecule has 1 heteroatoms. The molecule has 0 radical (unpaired) electrons. The van der Waals surface area contributed by atoms with Gasteiger partial charge in [-0.25, -0.2) is 0 Å². The SMILES string of the molecule is C=C.C=C(C)C.C=CC.C=CC1=CCC1([CH2-])C(CC)CC.CC.CC.CC.CCCC(CC)C1=CC=C(C)CC1.[K+]. The van der Waals surface area contributed by atoms with Crippen LogP contribution in [0.5, 0.6) is 0 Å².